The van der Waals surface area contributed by atoms with Gasteiger partial charge in [-0.2, -0.15) is 0 Å². The Kier molecular flexibility index (Phi) is 2.67. The van der Waals surface area contributed by atoms with E-state index in [2.05, 4.69) is 5.32 Å². The molecule has 0 radical (unpaired) electrons. The van der Waals surface area contributed by atoms with Gasteiger partial charge in [0, 0.05) is 32.4 Å². The molecule has 2 aliphatic rings. The van der Waals surface area contributed by atoms with Gasteiger partial charge < -0.3 is 14.8 Å². The molecule has 0 aliphatic carbocycles. The number of aryl methyl sites for hydroxylation is 1. The Bertz CT molecular complexity index is 426. The third-order valence-corrected chi connectivity index (χ3v) is 4.11. The first kappa shape index (κ1) is 10.8. The Hall–Kier alpha value is -1.29. The van der Waals surface area contributed by atoms with Crippen LogP contribution < -0.4 is 5.32 Å². The lowest BCUT2D eigenvalue weighted by molar-refractivity contribution is 0.0652. The SMILES string of the molecule is Cn1cccc1C(=O)N1CCC2NCCC2C1. The number of aromatic nitrogens is 1. The van der Waals surface area contributed by atoms with Gasteiger partial charge in [0.05, 0.1) is 0 Å². The molecule has 2 saturated heterocycles. The lowest BCUT2D eigenvalue weighted by Gasteiger charge is -2.34. The smallest absolute Gasteiger partial charge is 0.270 e. The van der Waals surface area contributed by atoms with Crippen molar-refractivity contribution in [2.45, 2.75) is 18.9 Å². The molecule has 4 heteroatoms. The number of likely N-dealkylation sites (tertiary alicyclic amines) is 1. The maximum absolute atomic E-state index is 12.4. The highest BCUT2D eigenvalue weighted by molar-refractivity contribution is 5.92. The van der Waals surface area contributed by atoms with Crippen LogP contribution in [0.25, 0.3) is 0 Å². The number of rotatable bonds is 1. The van der Waals surface area contributed by atoms with Crippen molar-refractivity contribution in [2.75, 3.05) is 19.6 Å². The van der Waals surface area contributed by atoms with Crippen molar-refractivity contribution in [3.8, 4) is 0 Å². The summed E-state index contributed by atoms with van der Waals surface area (Å²) < 4.78 is 1.90. The van der Waals surface area contributed by atoms with Crippen LogP contribution in [0, 0.1) is 5.92 Å². The van der Waals surface area contributed by atoms with Gasteiger partial charge in [0.15, 0.2) is 0 Å². The van der Waals surface area contributed by atoms with E-state index in [1.165, 1.54) is 6.42 Å². The number of carbonyl (C=O) groups is 1. The molecule has 0 aromatic carbocycles. The summed E-state index contributed by atoms with van der Waals surface area (Å²) in [4.78, 5) is 14.4. The molecule has 0 spiro atoms. The van der Waals surface area contributed by atoms with Crippen molar-refractivity contribution in [3.05, 3.63) is 24.0 Å². The van der Waals surface area contributed by atoms with Crippen molar-refractivity contribution in [2.24, 2.45) is 13.0 Å². The van der Waals surface area contributed by atoms with Crippen LogP contribution in [0.4, 0.5) is 0 Å². The van der Waals surface area contributed by atoms with Crippen LogP contribution in [0.1, 0.15) is 23.3 Å². The molecule has 1 amide bonds. The molecular formula is C13H19N3O. The highest BCUT2D eigenvalue weighted by Crippen LogP contribution is 2.25. The fraction of sp³-hybridized carbons (Fsp3) is 0.615. The first-order chi connectivity index (χ1) is 8.25. The molecule has 17 heavy (non-hydrogen) atoms. The first-order valence-corrected chi connectivity index (χ1v) is 6.39. The number of piperidine rings is 1. The zero-order valence-electron chi connectivity index (χ0n) is 10.2. The second kappa shape index (κ2) is 4.18. The first-order valence-electron chi connectivity index (χ1n) is 6.39. The second-order valence-corrected chi connectivity index (χ2v) is 5.15. The summed E-state index contributed by atoms with van der Waals surface area (Å²) in [6, 6.07) is 4.48. The molecule has 3 heterocycles. The predicted octanol–water partition coefficient (Wildman–Crippen LogP) is 0.849. The number of nitrogens with zero attached hydrogens (tertiary/aromatic N) is 2. The molecule has 0 saturated carbocycles. The topological polar surface area (TPSA) is 37.3 Å². The van der Waals surface area contributed by atoms with Crippen LogP contribution in [0.15, 0.2) is 18.3 Å². The molecule has 2 atom stereocenters. The quantitative estimate of drug-likeness (QED) is 0.781. The van der Waals surface area contributed by atoms with Crippen LogP contribution >= 0.6 is 0 Å². The number of carbonyl (C=O) groups excluding carboxylic acids is 1. The van der Waals surface area contributed by atoms with E-state index in [9.17, 15) is 4.79 Å². The Labute approximate surface area is 102 Å². The summed E-state index contributed by atoms with van der Waals surface area (Å²) >= 11 is 0. The van der Waals surface area contributed by atoms with E-state index < -0.39 is 0 Å². The third-order valence-electron chi connectivity index (χ3n) is 4.11. The van der Waals surface area contributed by atoms with Gasteiger partial charge in [-0.1, -0.05) is 0 Å². The third kappa shape index (κ3) is 1.86. The number of hydrogen-bond donors (Lipinski definition) is 1. The van der Waals surface area contributed by atoms with E-state index in [1.54, 1.807) is 0 Å². The van der Waals surface area contributed by atoms with E-state index in [-0.39, 0.29) is 5.91 Å². The highest BCUT2D eigenvalue weighted by atomic mass is 16.2. The second-order valence-electron chi connectivity index (χ2n) is 5.15. The van der Waals surface area contributed by atoms with Gasteiger partial charge in [0.2, 0.25) is 0 Å². The minimum atomic E-state index is 0.183. The van der Waals surface area contributed by atoms with E-state index in [4.69, 9.17) is 0 Å². The molecule has 3 rings (SSSR count). The molecule has 92 valence electrons. The van der Waals surface area contributed by atoms with Gasteiger partial charge in [0.25, 0.3) is 5.91 Å². The van der Waals surface area contributed by atoms with Crippen molar-refractivity contribution in [1.29, 1.82) is 0 Å². The lowest BCUT2D eigenvalue weighted by atomic mass is 9.93. The van der Waals surface area contributed by atoms with Crippen molar-refractivity contribution < 1.29 is 4.79 Å². The van der Waals surface area contributed by atoms with Gasteiger partial charge >= 0.3 is 0 Å². The predicted molar refractivity (Wildman–Crippen MR) is 65.8 cm³/mol. The van der Waals surface area contributed by atoms with Crippen LogP contribution in [0.2, 0.25) is 0 Å². The molecule has 4 nitrogen and oxygen atoms in total. The Balaban J connectivity index is 1.73. The zero-order chi connectivity index (χ0) is 11.8. The standard InChI is InChI=1S/C13H19N3O/c1-15-7-2-3-12(15)13(17)16-8-5-11-10(9-16)4-6-14-11/h2-3,7,10-11,14H,4-6,8-9H2,1H3. The maximum Gasteiger partial charge on any atom is 0.270 e. The minimum absolute atomic E-state index is 0.183. The molecule has 2 aliphatic heterocycles. The number of fused-ring (bicyclic) bond motifs is 1. The van der Waals surface area contributed by atoms with Crippen LogP contribution in [-0.4, -0.2) is 41.1 Å². The van der Waals surface area contributed by atoms with Gasteiger partial charge in [-0.15, -0.1) is 0 Å². The summed E-state index contributed by atoms with van der Waals surface area (Å²) in [5.74, 6) is 0.843. The summed E-state index contributed by atoms with van der Waals surface area (Å²) in [5, 5.41) is 3.52. The fourth-order valence-electron chi connectivity index (χ4n) is 3.08. The average Bonchev–Trinajstić information content (AvgIpc) is 2.95. The monoisotopic (exact) mass is 233 g/mol. The van der Waals surface area contributed by atoms with Gasteiger partial charge in [0.1, 0.15) is 5.69 Å². The van der Waals surface area contributed by atoms with Crippen LogP contribution in [0.3, 0.4) is 0 Å². The number of nitrogens with one attached hydrogen (secondary N) is 1. The van der Waals surface area contributed by atoms with Crippen molar-refractivity contribution >= 4 is 5.91 Å². The minimum Gasteiger partial charge on any atom is -0.347 e. The average molecular weight is 233 g/mol. The van der Waals surface area contributed by atoms with E-state index in [1.807, 2.05) is 34.8 Å². The maximum atomic E-state index is 12.4. The zero-order valence-corrected chi connectivity index (χ0v) is 10.2. The molecule has 2 unspecified atom stereocenters. The molecule has 0 bridgehead atoms. The number of hydrogen-bond acceptors (Lipinski definition) is 2. The summed E-state index contributed by atoms with van der Waals surface area (Å²) in [5.41, 5.74) is 0.800. The Morgan fingerprint density at radius 3 is 3.12 bits per heavy atom. The lowest BCUT2D eigenvalue weighted by Crippen LogP contribution is -2.47. The van der Waals surface area contributed by atoms with E-state index >= 15 is 0 Å². The van der Waals surface area contributed by atoms with E-state index in [0.29, 0.717) is 12.0 Å². The molecular weight excluding hydrogens is 214 g/mol. The Morgan fingerprint density at radius 2 is 2.35 bits per heavy atom. The van der Waals surface area contributed by atoms with Gasteiger partial charge in [-0.25, -0.2) is 0 Å². The van der Waals surface area contributed by atoms with Crippen molar-refractivity contribution in [1.82, 2.24) is 14.8 Å². The summed E-state index contributed by atoms with van der Waals surface area (Å²) in [7, 11) is 1.93. The molecule has 1 N–H and O–H groups in total. The van der Waals surface area contributed by atoms with Crippen molar-refractivity contribution in [3.63, 3.8) is 0 Å². The highest BCUT2D eigenvalue weighted by Gasteiger charge is 2.34. The molecule has 1 aromatic rings. The fourth-order valence-corrected chi connectivity index (χ4v) is 3.08. The van der Waals surface area contributed by atoms with Crippen LogP contribution in [0.5, 0.6) is 0 Å². The normalized spacial score (nSPS) is 28.2. The summed E-state index contributed by atoms with van der Waals surface area (Å²) in [6.07, 6.45) is 4.24. The Morgan fingerprint density at radius 1 is 1.47 bits per heavy atom. The van der Waals surface area contributed by atoms with E-state index in [0.717, 1.165) is 31.7 Å². The van der Waals surface area contributed by atoms with Gasteiger partial charge in [-0.3, -0.25) is 4.79 Å². The number of amides is 1. The largest absolute Gasteiger partial charge is 0.347 e. The summed E-state index contributed by atoms with van der Waals surface area (Å²) in [6.45, 7) is 2.92. The van der Waals surface area contributed by atoms with Gasteiger partial charge in [-0.05, 0) is 37.4 Å². The molecule has 1 aromatic heterocycles. The molecule has 2 fully saturated rings. The van der Waals surface area contributed by atoms with Crippen LogP contribution in [-0.2, 0) is 7.05 Å².